The number of carbonyl (C=O) groups is 1. The highest BCUT2D eigenvalue weighted by Crippen LogP contribution is 2.27. The minimum Gasteiger partial charge on any atom is -0.331 e. The molecule has 9 heteroatoms. The molecule has 1 aromatic heterocycles. The van der Waals surface area contributed by atoms with E-state index < -0.39 is 15.5 Å². The fourth-order valence-corrected chi connectivity index (χ4v) is 5.46. The van der Waals surface area contributed by atoms with Gasteiger partial charge in [0.1, 0.15) is 5.69 Å². The molecule has 0 radical (unpaired) electrons. The number of aromatic nitrogens is 2. The fraction of sp³-hybridized carbons (Fsp3) is 0.214. The molecule has 5 rings (SSSR count). The maximum absolute atomic E-state index is 14.0. The van der Waals surface area contributed by atoms with Crippen LogP contribution in [0.15, 0.2) is 94.6 Å². The van der Waals surface area contributed by atoms with Crippen molar-refractivity contribution in [2.24, 2.45) is 0 Å². The van der Waals surface area contributed by atoms with E-state index in [0.717, 1.165) is 11.8 Å². The minimum absolute atomic E-state index is 0.0901. The number of nitrogens with one attached hydrogen (secondary N) is 2. The van der Waals surface area contributed by atoms with Gasteiger partial charge in [0.05, 0.1) is 16.3 Å². The van der Waals surface area contributed by atoms with Crippen LogP contribution in [-0.4, -0.2) is 60.7 Å². The van der Waals surface area contributed by atoms with E-state index in [0.29, 0.717) is 43.0 Å². The van der Waals surface area contributed by atoms with Crippen LogP contribution in [0.3, 0.4) is 0 Å². The molecule has 2 heterocycles. The summed E-state index contributed by atoms with van der Waals surface area (Å²) in [5.74, 6) is -0.267. The molecule has 1 unspecified atom stereocenters. The number of sulfone groups is 1. The Morgan fingerprint density at radius 1 is 0.973 bits per heavy atom. The van der Waals surface area contributed by atoms with Gasteiger partial charge in [-0.25, -0.2) is 13.2 Å². The molecule has 1 saturated heterocycles. The van der Waals surface area contributed by atoms with Gasteiger partial charge in [-0.2, -0.15) is 0 Å². The summed E-state index contributed by atoms with van der Waals surface area (Å²) < 4.78 is 25.8. The number of hydrogen-bond acceptors (Lipinski definition) is 5. The van der Waals surface area contributed by atoms with Crippen LogP contribution in [0.25, 0.3) is 16.9 Å². The lowest BCUT2D eigenvalue weighted by molar-refractivity contribution is 0.0631. The van der Waals surface area contributed by atoms with E-state index in [1.54, 1.807) is 12.1 Å². The Kier molecular flexibility index (Phi) is 6.82. The number of carbonyl (C=O) groups excluding carboxylic acids is 1. The van der Waals surface area contributed by atoms with Crippen LogP contribution in [0.5, 0.6) is 0 Å². The first-order valence-corrected chi connectivity index (χ1v) is 14.0. The van der Waals surface area contributed by atoms with Gasteiger partial charge in [-0.1, -0.05) is 66.7 Å². The number of aromatic amines is 1. The zero-order valence-electron chi connectivity index (χ0n) is 20.4. The number of piperazine rings is 1. The van der Waals surface area contributed by atoms with E-state index in [2.05, 4.69) is 10.3 Å². The summed E-state index contributed by atoms with van der Waals surface area (Å²) in [7, 11) is -3.50. The summed E-state index contributed by atoms with van der Waals surface area (Å²) in [6.45, 7) is 1.79. The van der Waals surface area contributed by atoms with Crippen LogP contribution < -0.4 is 11.0 Å². The highest BCUT2D eigenvalue weighted by Gasteiger charge is 2.32. The zero-order valence-corrected chi connectivity index (χ0v) is 21.2. The molecule has 1 atom stereocenters. The first kappa shape index (κ1) is 24.7. The zero-order chi connectivity index (χ0) is 26.0. The van der Waals surface area contributed by atoms with E-state index >= 15 is 0 Å². The lowest BCUT2D eigenvalue weighted by Crippen LogP contribution is -2.54. The molecule has 1 fully saturated rings. The third kappa shape index (κ3) is 5.14. The standard InChI is InChI=1S/C28H28N4O4S/c1-37(35,36)24-14-8-13-22(18-24)32-26(21-11-6-3-7-12-21)25(30-28(32)34)27(33)31-16-15-29-19-23(31)17-20-9-4-2-5-10-20/h2-14,18,23,29H,15-17,19H2,1H3,(H,30,34). The third-order valence-electron chi connectivity index (χ3n) is 6.59. The molecule has 37 heavy (non-hydrogen) atoms. The number of rotatable bonds is 6. The molecule has 3 aromatic carbocycles. The molecular formula is C28H28N4O4S. The number of hydrogen-bond donors (Lipinski definition) is 2. The molecule has 8 nitrogen and oxygen atoms in total. The van der Waals surface area contributed by atoms with Crippen molar-refractivity contribution in [1.82, 2.24) is 19.8 Å². The van der Waals surface area contributed by atoms with Gasteiger partial charge in [0.25, 0.3) is 5.91 Å². The van der Waals surface area contributed by atoms with Gasteiger partial charge in [0, 0.05) is 37.5 Å². The van der Waals surface area contributed by atoms with Gasteiger partial charge < -0.3 is 15.2 Å². The van der Waals surface area contributed by atoms with Crippen LogP contribution in [0.2, 0.25) is 0 Å². The quantitative estimate of drug-likeness (QED) is 0.410. The number of imidazole rings is 1. The van der Waals surface area contributed by atoms with Crippen molar-refractivity contribution in [1.29, 1.82) is 0 Å². The monoisotopic (exact) mass is 516 g/mol. The van der Waals surface area contributed by atoms with Crippen molar-refractivity contribution in [3.8, 4) is 16.9 Å². The summed E-state index contributed by atoms with van der Waals surface area (Å²) in [5, 5.41) is 3.37. The van der Waals surface area contributed by atoms with Gasteiger partial charge in [-0.05, 0) is 30.2 Å². The molecular weight excluding hydrogens is 488 g/mol. The predicted octanol–water partition coefficient (Wildman–Crippen LogP) is 2.89. The number of H-pyrrole nitrogens is 1. The van der Waals surface area contributed by atoms with Crippen LogP contribution >= 0.6 is 0 Å². The second-order valence-corrected chi connectivity index (χ2v) is 11.2. The molecule has 190 valence electrons. The van der Waals surface area contributed by atoms with Crippen LogP contribution in [0.1, 0.15) is 16.1 Å². The van der Waals surface area contributed by atoms with Crippen molar-refractivity contribution in [3.63, 3.8) is 0 Å². The Hall–Kier alpha value is -3.95. The van der Waals surface area contributed by atoms with E-state index in [4.69, 9.17) is 0 Å². The maximum Gasteiger partial charge on any atom is 0.331 e. The molecule has 2 N–H and O–H groups in total. The van der Waals surface area contributed by atoms with Gasteiger partial charge in [-0.15, -0.1) is 0 Å². The Morgan fingerprint density at radius 2 is 1.68 bits per heavy atom. The van der Waals surface area contributed by atoms with E-state index in [9.17, 15) is 18.0 Å². The van der Waals surface area contributed by atoms with Gasteiger partial charge >= 0.3 is 5.69 Å². The minimum atomic E-state index is -3.50. The Bertz CT molecular complexity index is 1580. The topological polar surface area (TPSA) is 104 Å². The van der Waals surface area contributed by atoms with E-state index in [1.165, 1.54) is 16.7 Å². The van der Waals surface area contributed by atoms with Crippen LogP contribution in [-0.2, 0) is 16.3 Å². The summed E-state index contributed by atoms with van der Waals surface area (Å²) in [6, 6.07) is 25.3. The van der Waals surface area contributed by atoms with Gasteiger partial charge in [-0.3, -0.25) is 9.36 Å². The molecule has 1 aliphatic rings. The van der Waals surface area contributed by atoms with E-state index in [1.807, 2.05) is 65.6 Å². The number of nitrogens with zero attached hydrogens (tertiary/aromatic N) is 2. The molecule has 1 aliphatic heterocycles. The average molecular weight is 517 g/mol. The van der Waals surface area contributed by atoms with Gasteiger partial charge in [0.15, 0.2) is 9.84 Å². The number of amides is 1. The average Bonchev–Trinajstić information content (AvgIpc) is 3.26. The van der Waals surface area contributed by atoms with Crippen molar-refractivity contribution >= 4 is 15.7 Å². The highest BCUT2D eigenvalue weighted by molar-refractivity contribution is 7.90. The molecule has 0 aliphatic carbocycles. The molecule has 0 bridgehead atoms. The molecule has 0 spiro atoms. The Morgan fingerprint density at radius 3 is 2.38 bits per heavy atom. The van der Waals surface area contributed by atoms with Crippen LogP contribution in [0, 0.1) is 0 Å². The van der Waals surface area contributed by atoms with Crippen molar-refractivity contribution < 1.29 is 13.2 Å². The van der Waals surface area contributed by atoms with Crippen molar-refractivity contribution in [2.75, 3.05) is 25.9 Å². The second-order valence-electron chi connectivity index (χ2n) is 9.17. The van der Waals surface area contributed by atoms with E-state index in [-0.39, 0.29) is 22.5 Å². The smallest absolute Gasteiger partial charge is 0.331 e. The normalized spacial score (nSPS) is 16.0. The fourth-order valence-electron chi connectivity index (χ4n) is 4.80. The lowest BCUT2D eigenvalue weighted by Gasteiger charge is -2.36. The summed E-state index contributed by atoms with van der Waals surface area (Å²) in [4.78, 5) is 32.1. The summed E-state index contributed by atoms with van der Waals surface area (Å²) >= 11 is 0. The SMILES string of the molecule is CS(=O)(=O)c1cccc(-n2c(-c3ccccc3)c(C(=O)N3CCNCC3Cc3ccccc3)[nH]c2=O)c1. The summed E-state index contributed by atoms with van der Waals surface area (Å²) in [5.41, 5.74) is 2.23. The first-order valence-electron chi connectivity index (χ1n) is 12.1. The summed E-state index contributed by atoms with van der Waals surface area (Å²) in [6.07, 6.45) is 1.80. The second kappa shape index (κ2) is 10.2. The largest absolute Gasteiger partial charge is 0.331 e. The van der Waals surface area contributed by atoms with Crippen molar-refractivity contribution in [2.45, 2.75) is 17.4 Å². The predicted molar refractivity (Wildman–Crippen MR) is 143 cm³/mol. The Balaban J connectivity index is 1.62. The van der Waals surface area contributed by atoms with Crippen molar-refractivity contribution in [3.05, 3.63) is 107 Å². The first-order chi connectivity index (χ1) is 17.8. The lowest BCUT2D eigenvalue weighted by atomic mass is 10.0. The number of benzene rings is 3. The maximum atomic E-state index is 14.0. The molecule has 1 amide bonds. The Labute approximate surface area is 215 Å². The van der Waals surface area contributed by atoms with Crippen LogP contribution in [0.4, 0.5) is 0 Å². The highest BCUT2D eigenvalue weighted by atomic mass is 32.2. The van der Waals surface area contributed by atoms with Gasteiger partial charge in [0.2, 0.25) is 0 Å². The molecule has 4 aromatic rings. The molecule has 0 saturated carbocycles. The third-order valence-corrected chi connectivity index (χ3v) is 7.70.